The Kier molecular flexibility index (Phi) is 5.39. The fourth-order valence-corrected chi connectivity index (χ4v) is 2.24. The highest BCUT2D eigenvalue weighted by Crippen LogP contribution is 2.15. The third kappa shape index (κ3) is 5.63. The first-order valence-corrected chi connectivity index (χ1v) is 7.82. The SMILES string of the molecule is CN(CCS(C)(=O)=O)CC(N)c1ccc(F)c(F)c1. The van der Waals surface area contributed by atoms with Crippen LogP contribution in [0.4, 0.5) is 8.78 Å². The zero-order valence-corrected chi connectivity index (χ0v) is 11.8. The van der Waals surface area contributed by atoms with E-state index in [0.717, 1.165) is 18.4 Å². The maximum absolute atomic E-state index is 13.1. The summed E-state index contributed by atoms with van der Waals surface area (Å²) in [7, 11) is -1.30. The fraction of sp³-hybridized carbons (Fsp3) is 0.500. The number of hydrogen-bond acceptors (Lipinski definition) is 4. The Morgan fingerprint density at radius 3 is 2.47 bits per heavy atom. The summed E-state index contributed by atoms with van der Waals surface area (Å²) >= 11 is 0. The van der Waals surface area contributed by atoms with Gasteiger partial charge in [-0.2, -0.15) is 0 Å². The Morgan fingerprint density at radius 1 is 1.32 bits per heavy atom. The summed E-state index contributed by atoms with van der Waals surface area (Å²) in [6.45, 7) is 0.705. The molecule has 0 spiro atoms. The highest BCUT2D eigenvalue weighted by Gasteiger charge is 2.13. The lowest BCUT2D eigenvalue weighted by atomic mass is 10.1. The van der Waals surface area contributed by atoms with E-state index in [2.05, 4.69) is 0 Å². The van der Waals surface area contributed by atoms with Gasteiger partial charge < -0.3 is 10.6 Å². The molecule has 0 aromatic heterocycles. The smallest absolute Gasteiger partial charge is 0.159 e. The van der Waals surface area contributed by atoms with Crippen LogP contribution in [0.5, 0.6) is 0 Å². The zero-order valence-electron chi connectivity index (χ0n) is 10.9. The Hall–Kier alpha value is -1.05. The molecule has 19 heavy (non-hydrogen) atoms. The molecule has 0 amide bonds. The van der Waals surface area contributed by atoms with Gasteiger partial charge in [0.25, 0.3) is 0 Å². The third-order valence-corrected chi connectivity index (χ3v) is 3.65. The van der Waals surface area contributed by atoms with Crippen LogP contribution in [-0.2, 0) is 9.84 Å². The van der Waals surface area contributed by atoms with Crippen LogP contribution in [0.3, 0.4) is 0 Å². The van der Waals surface area contributed by atoms with Crippen LogP contribution in [0, 0.1) is 11.6 Å². The summed E-state index contributed by atoms with van der Waals surface area (Å²) in [5, 5.41) is 0. The summed E-state index contributed by atoms with van der Waals surface area (Å²) in [6, 6.07) is 3.01. The van der Waals surface area contributed by atoms with Crippen molar-refractivity contribution in [2.75, 3.05) is 32.1 Å². The Balaban J connectivity index is 2.58. The second-order valence-electron chi connectivity index (χ2n) is 4.67. The van der Waals surface area contributed by atoms with Crippen molar-refractivity contribution < 1.29 is 17.2 Å². The van der Waals surface area contributed by atoms with Gasteiger partial charge in [-0.05, 0) is 24.7 Å². The van der Waals surface area contributed by atoms with Crippen LogP contribution in [0.25, 0.3) is 0 Å². The van der Waals surface area contributed by atoms with Crippen molar-refractivity contribution in [2.24, 2.45) is 5.73 Å². The maximum Gasteiger partial charge on any atom is 0.159 e. The number of nitrogens with two attached hydrogens (primary N) is 1. The first kappa shape index (κ1) is 16.0. The van der Waals surface area contributed by atoms with Gasteiger partial charge >= 0.3 is 0 Å². The van der Waals surface area contributed by atoms with Crippen LogP contribution < -0.4 is 5.73 Å². The quantitative estimate of drug-likeness (QED) is 0.847. The molecule has 0 radical (unpaired) electrons. The number of sulfone groups is 1. The molecule has 108 valence electrons. The van der Waals surface area contributed by atoms with E-state index in [1.54, 1.807) is 11.9 Å². The normalized spacial score (nSPS) is 13.8. The van der Waals surface area contributed by atoms with Crippen molar-refractivity contribution in [3.63, 3.8) is 0 Å². The van der Waals surface area contributed by atoms with Gasteiger partial charge in [-0.25, -0.2) is 17.2 Å². The predicted octanol–water partition coefficient (Wildman–Crippen LogP) is 0.941. The van der Waals surface area contributed by atoms with E-state index in [0.29, 0.717) is 18.7 Å². The van der Waals surface area contributed by atoms with Gasteiger partial charge in [-0.3, -0.25) is 0 Å². The average Bonchev–Trinajstić information content (AvgIpc) is 2.29. The number of nitrogens with zero attached hydrogens (tertiary/aromatic N) is 1. The molecule has 2 N–H and O–H groups in total. The van der Waals surface area contributed by atoms with Crippen molar-refractivity contribution in [2.45, 2.75) is 6.04 Å². The minimum Gasteiger partial charge on any atom is -0.323 e. The summed E-state index contributed by atoms with van der Waals surface area (Å²) in [4.78, 5) is 1.74. The van der Waals surface area contributed by atoms with Crippen LogP contribution in [0.1, 0.15) is 11.6 Å². The Labute approximate surface area is 112 Å². The van der Waals surface area contributed by atoms with Crippen LogP contribution in [0.2, 0.25) is 0 Å². The second-order valence-corrected chi connectivity index (χ2v) is 6.93. The summed E-state index contributed by atoms with van der Waals surface area (Å²) < 4.78 is 47.9. The molecule has 1 unspecified atom stereocenters. The van der Waals surface area contributed by atoms with Gasteiger partial charge in [-0.1, -0.05) is 6.07 Å². The lowest BCUT2D eigenvalue weighted by Crippen LogP contribution is -2.32. The van der Waals surface area contributed by atoms with Crippen molar-refractivity contribution >= 4 is 9.84 Å². The van der Waals surface area contributed by atoms with Gasteiger partial charge in [0, 0.05) is 25.4 Å². The van der Waals surface area contributed by atoms with Crippen molar-refractivity contribution in [1.29, 1.82) is 0 Å². The summed E-state index contributed by atoms with van der Waals surface area (Å²) in [5.74, 6) is -1.82. The molecule has 1 aromatic carbocycles. The Morgan fingerprint density at radius 2 is 1.95 bits per heavy atom. The highest BCUT2D eigenvalue weighted by molar-refractivity contribution is 7.90. The molecule has 1 rings (SSSR count). The van der Waals surface area contributed by atoms with E-state index >= 15 is 0 Å². The molecule has 7 heteroatoms. The zero-order chi connectivity index (χ0) is 14.6. The largest absolute Gasteiger partial charge is 0.323 e. The molecule has 0 bridgehead atoms. The Bertz CT molecular complexity index is 535. The molecule has 0 aliphatic rings. The van der Waals surface area contributed by atoms with Crippen molar-refractivity contribution in [3.8, 4) is 0 Å². The molecular formula is C12H18F2N2O2S. The molecule has 0 fully saturated rings. The van der Waals surface area contributed by atoms with Crippen molar-refractivity contribution in [3.05, 3.63) is 35.4 Å². The van der Waals surface area contributed by atoms with E-state index in [-0.39, 0.29) is 5.75 Å². The summed E-state index contributed by atoms with van der Waals surface area (Å²) in [5.41, 5.74) is 6.35. The van der Waals surface area contributed by atoms with Crippen molar-refractivity contribution in [1.82, 2.24) is 4.90 Å². The molecule has 4 nitrogen and oxygen atoms in total. The molecule has 0 aliphatic carbocycles. The molecule has 0 aliphatic heterocycles. The van der Waals surface area contributed by atoms with Crippen LogP contribution >= 0.6 is 0 Å². The van der Waals surface area contributed by atoms with Gasteiger partial charge in [-0.15, -0.1) is 0 Å². The number of likely N-dealkylation sites (N-methyl/N-ethyl adjacent to an activating group) is 1. The average molecular weight is 292 g/mol. The molecular weight excluding hydrogens is 274 g/mol. The molecule has 1 atom stereocenters. The lowest BCUT2D eigenvalue weighted by Gasteiger charge is -2.21. The predicted molar refractivity (Wildman–Crippen MR) is 70.5 cm³/mol. The van der Waals surface area contributed by atoms with Crippen LogP contribution in [0.15, 0.2) is 18.2 Å². The molecule has 0 heterocycles. The number of halogens is 2. The number of rotatable bonds is 6. The fourth-order valence-electron chi connectivity index (χ4n) is 1.60. The van der Waals surface area contributed by atoms with E-state index in [1.807, 2.05) is 0 Å². The van der Waals surface area contributed by atoms with Crippen LogP contribution in [-0.4, -0.2) is 45.5 Å². The minimum atomic E-state index is -3.02. The van der Waals surface area contributed by atoms with Gasteiger partial charge in [0.15, 0.2) is 11.6 Å². The highest BCUT2D eigenvalue weighted by atomic mass is 32.2. The monoisotopic (exact) mass is 292 g/mol. The first-order valence-electron chi connectivity index (χ1n) is 5.76. The first-order chi connectivity index (χ1) is 8.69. The maximum atomic E-state index is 13.1. The summed E-state index contributed by atoms with van der Waals surface area (Å²) in [6.07, 6.45) is 1.16. The van der Waals surface area contributed by atoms with E-state index < -0.39 is 27.5 Å². The number of hydrogen-bond donors (Lipinski definition) is 1. The molecule has 0 saturated heterocycles. The van der Waals surface area contributed by atoms with Gasteiger partial charge in [0.2, 0.25) is 0 Å². The number of benzene rings is 1. The van der Waals surface area contributed by atoms with Gasteiger partial charge in [0.1, 0.15) is 9.84 Å². The topological polar surface area (TPSA) is 63.4 Å². The molecule has 0 saturated carbocycles. The second kappa shape index (κ2) is 6.40. The standard InChI is InChI=1S/C12H18F2N2O2S/c1-16(5-6-19(2,17)18)8-12(15)9-3-4-10(13)11(14)7-9/h3-4,7,12H,5-6,8,15H2,1-2H3. The molecule has 1 aromatic rings. The lowest BCUT2D eigenvalue weighted by molar-refractivity contribution is 0.329. The van der Waals surface area contributed by atoms with E-state index in [4.69, 9.17) is 5.73 Å². The van der Waals surface area contributed by atoms with Gasteiger partial charge in [0.05, 0.1) is 5.75 Å². The van der Waals surface area contributed by atoms with E-state index in [1.165, 1.54) is 6.07 Å². The minimum absolute atomic E-state index is 0.0357. The van der Waals surface area contributed by atoms with E-state index in [9.17, 15) is 17.2 Å². The third-order valence-electron chi connectivity index (χ3n) is 2.72.